The van der Waals surface area contributed by atoms with Crippen molar-refractivity contribution < 1.29 is 19.7 Å². The number of carbonyl (C=O) groups is 1. The molecular weight excluding hydrogens is 186 g/mol. The van der Waals surface area contributed by atoms with Crippen molar-refractivity contribution in [3.05, 3.63) is 23.8 Å². The van der Waals surface area contributed by atoms with Crippen molar-refractivity contribution in [1.82, 2.24) is 0 Å². The molecule has 0 spiro atoms. The minimum atomic E-state index is -1.04. The third-order valence-corrected chi connectivity index (χ3v) is 1.61. The molecule has 0 fully saturated rings. The molecule has 1 aromatic rings. The summed E-state index contributed by atoms with van der Waals surface area (Å²) in [6, 6.07) is 4.17. The molecule has 0 aliphatic rings. The van der Waals surface area contributed by atoms with E-state index in [2.05, 4.69) is 0 Å². The molecule has 14 heavy (non-hydrogen) atoms. The number of anilines is 1. The first kappa shape index (κ1) is 10.3. The minimum Gasteiger partial charge on any atom is -0.489 e. The smallest absolute Gasteiger partial charge is 0.335 e. The van der Waals surface area contributed by atoms with Gasteiger partial charge in [0.1, 0.15) is 12.4 Å². The zero-order chi connectivity index (χ0) is 10.6. The lowest BCUT2D eigenvalue weighted by Crippen LogP contribution is -2.05. The average molecular weight is 197 g/mol. The van der Waals surface area contributed by atoms with Crippen LogP contribution in [0.2, 0.25) is 0 Å². The summed E-state index contributed by atoms with van der Waals surface area (Å²) in [5.74, 6) is -0.766. The van der Waals surface area contributed by atoms with Crippen molar-refractivity contribution in [3.8, 4) is 5.75 Å². The molecule has 0 aromatic heterocycles. The lowest BCUT2D eigenvalue weighted by molar-refractivity contribution is 0.0696. The number of nitrogens with two attached hydrogens (primary N) is 1. The van der Waals surface area contributed by atoms with E-state index in [-0.39, 0.29) is 24.5 Å². The molecule has 0 amide bonds. The summed E-state index contributed by atoms with van der Waals surface area (Å²) in [5, 5.41) is 17.2. The quantitative estimate of drug-likeness (QED) is 0.605. The van der Waals surface area contributed by atoms with Crippen molar-refractivity contribution in [2.75, 3.05) is 18.9 Å². The molecule has 0 saturated carbocycles. The minimum absolute atomic E-state index is 0.0905. The Hall–Kier alpha value is -1.75. The molecule has 0 radical (unpaired) electrons. The summed E-state index contributed by atoms with van der Waals surface area (Å²) >= 11 is 0. The number of hydrogen-bond acceptors (Lipinski definition) is 4. The van der Waals surface area contributed by atoms with Gasteiger partial charge in [-0.15, -0.1) is 0 Å². The maximum Gasteiger partial charge on any atom is 0.335 e. The van der Waals surface area contributed by atoms with Crippen molar-refractivity contribution in [2.45, 2.75) is 0 Å². The van der Waals surface area contributed by atoms with Crippen LogP contribution in [0, 0.1) is 0 Å². The van der Waals surface area contributed by atoms with Crippen molar-refractivity contribution in [3.63, 3.8) is 0 Å². The predicted molar refractivity (Wildman–Crippen MR) is 50.4 cm³/mol. The monoisotopic (exact) mass is 197 g/mol. The van der Waals surface area contributed by atoms with Crippen LogP contribution in [0.1, 0.15) is 10.4 Å². The van der Waals surface area contributed by atoms with E-state index in [1.54, 1.807) is 0 Å². The van der Waals surface area contributed by atoms with Gasteiger partial charge in [0.05, 0.1) is 17.9 Å². The molecule has 0 aliphatic carbocycles. The summed E-state index contributed by atoms with van der Waals surface area (Å²) in [4.78, 5) is 10.6. The van der Waals surface area contributed by atoms with Gasteiger partial charge in [-0.2, -0.15) is 0 Å². The van der Waals surface area contributed by atoms with Crippen LogP contribution in [0.5, 0.6) is 5.75 Å². The Morgan fingerprint density at radius 1 is 1.50 bits per heavy atom. The highest BCUT2D eigenvalue weighted by molar-refractivity contribution is 5.89. The van der Waals surface area contributed by atoms with Crippen LogP contribution >= 0.6 is 0 Å². The summed E-state index contributed by atoms with van der Waals surface area (Å²) in [6.45, 7) is -0.0516. The fourth-order valence-electron chi connectivity index (χ4n) is 0.948. The maximum atomic E-state index is 10.6. The van der Waals surface area contributed by atoms with Gasteiger partial charge in [-0.1, -0.05) is 0 Å². The second-order valence-corrected chi connectivity index (χ2v) is 2.63. The van der Waals surface area contributed by atoms with Gasteiger partial charge < -0.3 is 20.7 Å². The van der Waals surface area contributed by atoms with Crippen LogP contribution in [0.15, 0.2) is 18.2 Å². The maximum absolute atomic E-state index is 10.6. The van der Waals surface area contributed by atoms with E-state index in [0.29, 0.717) is 5.69 Å². The molecule has 1 aromatic carbocycles. The Morgan fingerprint density at radius 3 is 2.79 bits per heavy atom. The normalized spacial score (nSPS) is 9.79. The zero-order valence-electron chi connectivity index (χ0n) is 7.43. The molecule has 5 nitrogen and oxygen atoms in total. The molecule has 0 atom stereocenters. The van der Waals surface area contributed by atoms with Crippen molar-refractivity contribution >= 4 is 11.7 Å². The van der Waals surface area contributed by atoms with Gasteiger partial charge >= 0.3 is 5.97 Å². The van der Waals surface area contributed by atoms with Gasteiger partial charge in [-0.25, -0.2) is 4.79 Å². The van der Waals surface area contributed by atoms with E-state index in [4.69, 9.17) is 20.7 Å². The Bertz CT molecular complexity index is 338. The molecule has 0 saturated heterocycles. The first-order chi connectivity index (χ1) is 6.65. The van der Waals surface area contributed by atoms with Crippen LogP contribution < -0.4 is 10.5 Å². The van der Waals surface area contributed by atoms with Gasteiger partial charge in [-0.05, 0) is 18.2 Å². The number of nitrogen functional groups attached to an aromatic ring is 1. The Labute approximate surface area is 80.7 Å². The predicted octanol–water partition coefficient (Wildman–Crippen LogP) is 0.338. The summed E-state index contributed by atoms with van der Waals surface area (Å²) < 4.78 is 5.04. The standard InChI is InChI=1S/C9H11NO4/c10-7-2-1-6(9(12)13)5-8(7)14-4-3-11/h1-2,5,11H,3-4,10H2,(H,12,13). The van der Waals surface area contributed by atoms with Crippen LogP contribution in [0.4, 0.5) is 5.69 Å². The lowest BCUT2D eigenvalue weighted by Gasteiger charge is -2.07. The zero-order valence-corrected chi connectivity index (χ0v) is 7.43. The Kier molecular flexibility index (Phi) is 3.30. The van der Waals surface area contributed by atoms with Crippen LogP contribution in [0.25, 0.3) is 0 Å². The van der Waals surface area contributed by atoms with Gasteiger partial charge in [-0.3, -0.25) is 0 Å². The highest BCUT2D eigenvalue weighted by Gasteiger charge is 2.06. The van der Waals surface area contributed by atoms with Crippen LogP contribution in [-0.4, -0.2) is 29.4 Å². The number of rotatable bonds is 4. The van der Waals surface area contributed by atoms with E-state index >= 15 is 0 Å². The Balaban J connectivity index is 2.90. The number of carboxylic acids is 1. The highest BCUT2D eigenvalue weighted by atomic mass is 16.5. The first-order valence-corrected chi connectivity index (χ1v) is 4.01. The van der Waals surface area contributed by atoms with E-state index < -0.39 is 5.97 Å². The van der Waals surface area contributed by atoms with Crippen LogP contribution in [-0.2, 0) is 0 Å². The second-order valence-electron chi connectivity index (χ2n) is 2.63. The second kappa shape index (κ2) is 4.48. The summed E-state index contributed by atoms with van der Waals surface area (Å²) in [6.07, 6.45) is 0. The molecule has 0 bridgehead atoms. The molecule has 5 heteroatoms. The van der Waals surface area contributed by atoms with E-state index in [0.717, 1.165) is 0 Å². The number of hydrogen-bond donors (Lipinski definition) is 3. The fraction of sp³-hybridized carbons (Fsp3) is 0.222. The van der Waals surface area contributed by atoms with E-state index in [9.17, 15) is 4.79 Å². The number of aliphatic hydroxyl groups excluding tert-OH is 1. The molecule has 0 unspecified atom stereocenters. The number of carboxylic acid groups (broad SMARTS) is 1. The number of ether oxygens (including phenoxy) is 1. The van der Waals surface area contributed by atoms with Crippen molar-refractivity contribution in [1.29, 1.82) is 0 Å². The third kappa shape index (κ3) is 2.37. The third-order valence-electron chi connectivity index (χ3n) is 1.61. The fourth-order valence-corrected chi connectivity index (χ4v) is 0.948. The molecule has 0 heterocycles. The molecule has 1 rings (SSSR count). The van der Waals surface area contributed by atoms with Crippen LogP contribution in [0.3, 0.4) is 0 Å². The van der Waals surface area contributed by atoms with Gasteiger partial charge in [0, 0.05) is 0 Å². The van der Waals surface area contributed by atoms with E-state index in [1.165, 1.54) is 18.2 Å². The van der Waals surface area contributed by atoms with Gasteiger partial charge in [0.25, 0.3) is 0 Å². The number of aliphatic hydroxyl groups is 1. The summed E-state index contributed by atoms with van der Waals surface area (Å²) in [7, 11) is 0. The van der Waals surface area contributed by atoms with Gasteiger partial charge in [0.2, 0.25) is 0 Å². The SMILES string of the molecule is Nc1ccc(C(=O)O)cc1OCCO. The summed E-state index contributed by atoms with van der Waals surface area (Å²) in [5.41, 5.74) is 5.99. The lowest BCUT2D eigenvalue weighted by atomic mass is 10.2. The number of aromatic carboxylic acids is 1. The van der Waals surface area contributed by atoms with Crippen molar-refractivity contribution in [2.24, 2.45) is 0 Å². The molecule has 4 N–H and O–H groups in total. The average Bonchev–Trinajstić information content (AvgIpc) is 2.16. The first-order valence-electron chi connectivity index (χ1n) is 4.01. The van der Waals surface area contributed by atoms with E-state index in [1.807, 2.05) is 0 Å². The molecule has 76 valence electrons. The largest absolute Gasteiger partial charge is 0.489 e. The topological polar surface area (TPSA) is 92.8 Å². The van der Waals surface area contributed by atoms with Gasteiger partial charge in [0.15, 0.2) is 0 Å². The Morgan fingerprint density at radius 2 is 2.21 bits per heavy atom. The number of benzene rings is 1. The molecule has 0 aliphatic heterocycles. The molecular formula is C9H11NO4. The highest BCUT2D eigenvalue weighted by Crippen LogP contribution is 2.22.